The molecule has 0 aromatic heterocycles. The summed E-state index contributed by atoms with van der Waals surface area (Å²) in [6, 6.07) is 7.03. The van der Waals surface area contributed by atoms with Crippen molar-refractivity contribution >= 4 is 27.2 Å². The number of hydrogen-bond donors (Lipinski definition) is 1. The predicted molar refractivity (Wildman–Crippen MR) is 88.8 cm³/mol. The summed E-state index contributed by atoms with van der Waals surface area (Å²) < 4.78 is 27.2. The lowest BCUT2D eigenvalue weighted by molar-refractivity contribution is 0.335. The molecule has 1 fully saturated rings. The number of thiocarbonyl (C=S) groups is 1. The maximum Gasteiger partial charge on any atom is 0.243 e. The summed E-state index contributed by atoms with van der Waals surface area (Å²) in [7, 11) is -3.41. The molecule has 4 nitrogen and oxygen atoms in total. The van der Waals surface area contributed by atoms with Gasteiger partial charge in [0, 0.05) is 19.0 Å². The van der Waals surface area contributed by atoms with Gasteiger partial charge in [-0.1, -0.05) is 44.1 Å². The van der Waals surface area contributed by atoms with Gasteiger partial charge in [0.2, 0.25) is 10.0 Å². The summed E-state index contributed by atoms with van der Waals surface area (Å²) in [5.74, 6) is 0. The molecule has 1 saturated carbocycles. The lowest BCUT2D eigenvalue weighted by atomic mass is 10.1. The molecule has 0 atom stereocenters. The van der Waals surface area contributed by atoms with Crippen molar-refractivity contribution < 1.29 is 8.42 Å². The van der Waals surface area contributed by atoms with E-state index in [2.05, 4.69) is 0 Å². The van der Waals surface area contributed by atoms with Crippen LogP contribution in [0, 0.1) is 0 Å². The molecule has 6 heteroatoms. The number of hydrogen-bond acceptors (Lipinski definition) is 3. The van der Waals surface area contributed by atoms with Crippen LogP contribution in [0.5, 0.6) is 0 Å². The molecule has 0 bridgehead atoms. The minimum Gasteiger partial charge on any atom is -0.393 e. The van der Waals surface area contributed by atoms with Crippen molar-refractivity contribution in [2.75, 3.05) is 6.54 Å². The van der Waals surface area contributed by atoms with Crippen LogP contribution in [0.25, 0.3) is 0 Å². The van der Waals surface area contributed by atoms with Gasteiger partial charge in [-0.15, -0.1) is 0 Å². The Bertz CT molecular complexity index is 591. The van der Waals surface area contributed by atoms with Crippen molar-refractivity contribution in [3.05, 3.63) is 29.8 Å². The number of nitrogens with two attached hydrogens (primary N) is 1. The minimum absolute atomic E-state index is 0.149. The lowest BCUT2D eigenvalue weighted by Crippen LogP contribution is -2.38. The van der Waals surface area contributed by atoms with Crippen LogP contribution in [0.3, 0.4) is 0 Å². The Balaban J connectivity index is 2.23. The van der Waals surface area contributed by atoms with Gasteiger partial charge in [-0.2, -0.15) is 4.31 Å². The molecule has 1 aliphatic rings. The summed E-state index contributed by atoms with van der Waals surface area (Å²) >= 11 is 4.87. The van der Waals surface area contributed by atoms with Crippen LogP contribution in [0.15, 0.2) is 29.2 Å². The summed E-state index contributed by atoms with van der Waals surface area (Å²) in [6.45, 7) is 2.42. The normalized spacial score (nSPS) is 16.5. The molecule has 0 heterocycles. The second kappa shape index (κ2) is 6.85. The Kier molecular flexibility index (Phi) is 5.35. The van der Waals surface area contributed by atoms with Crippen molar-refractivity contribution in [3.8, 4) is 0 Å². The quantitative estimate of drug-likeness (QED) is 0.816. The standard InChI is InChI=1S/C15H22N2O2S2/c1-2-17(13-5-3-4-6-13)21(18,19)14-9-7-12(8-10-14)11-15(16)20/h7-10,13H,2-6,11H2,1H3,(H2,16,20). The Hall–Kier alpha value is -0.980. The maximum atomic E-state index is 12.8. The number of sulfonamides is 1. The van der Waals surface area contributed by atoms with Gasteiger partial charge >= 0.3 is 0 Å². The fourth-order valence-corrected chi connectivity index (χ4v) is 4.79. The van der Waals surface area contributed by atoms with Crippen molar-refractivity contribution in [2.24, 2.45) is 5.73 Å². The Morgan fingerprint density at radius 3 is 2.33 bits per heavy atom. The first-order valence-electron chi connectivity index (χ1n) is 7.34. The van der Waals surface area contributed by atoms with E-state index in [9.17, 15) is 8.42 Å². The van der Waals surface area contributed by atoms with Crippen LogP contribution in [0.1, 0.15) is 38.2 Å². The topological polar surface area (TPSA) is 63.4 Å². The largest absolute Gasteiger partial charge is 0.393 e. The van der Waals surface area contributed by atoms with Crippen molar-refractivity contribution in [1.82, 2.24) is 4.31 Å². The van der Waals surface area contributed by atoms with Crippen LogP contribution < -0.4 is 5.73 Å². The molecule has 0 unspecified atom stereocenters. The van der Waals surface area contributed by atoms with Gasteiger partial charge in [0.25, 0.3) is 0 Å². The highest BCUT2D eigenvalue weighted by atomic mass is 32.2. The van der Waals surface area contributed by atoms with E-state index in [-0.39, 0.29) is 6.04 Å². The van der Waals surface area contributed by atoms with Gasteiger partial charge < -0.3 is 5.73 Å². The number of rotatable bonds is 6. The fourth-order valence-electron chi connectivity index (χ4n) is 2.93. The molecule has 116 valence electrons. The van der Waals surface area contributed by atoms with Crippen LogP contribution >= 0.6 is 12.2 Å². The average Bonchev–Trinajstić information content (AvgIpc) is 2.93. The first kappa shape index (κ1) is 16.4. The zero-order valence-corrected chi connectivity index (χ0v) is 13.9. The fraction of sp³-hybridized carbons (Fsp3) is 0.533. The molecule has 0 spiro atoms. The summed E-state index contributed by atoms with van der Waals surface area (Å²) in [5.41, 5.74) is 6.44. The van der Waals surface area contributed by atoms with Crippen LogP contribution in [0.2, 0.25) is 0 Å². The Labute approximate surface area is 132 Å². The molecule has 1 aromatic rings. The van der Waals surface area contributed by atoms with E-state index in [0.29, 0.717) is 22.8 Å². The van der Waals surface area contributed by atoms with Gasteiger partial charge in [0.1, 0.15) is 0 Å². The zero-order valence-electron chi connectivity index (χ0n) is 12.3. The molecule has 0 saturated heterocycles. The molecule has 0 amide bonds. The summed E-state index contributed by atoms with van der Waals surface area (Å²) in [5, 5.41) is 0. The molecular formula is C15H22N2O2S2. The molecule has 2 rings (SSSR count). The van der Waals surface area contributed by atoms with Crippen molar-refractivity contribution in [3.63, 3.8) is 0 Å². The van der Waals surface area contributed by atoms with Crippen LogP contribution in [0.4, 0.5) is 0 Å². The van der Waals surface area contributed by atoms with Crippen molar-refractivity contribution in [2.45, 2.75) is 50.0 Å². The highest BCUT2D eigenvalue weighted by Crippen LogP contribution is 2.28. The summed E-state index contributed by atoms with van der Waals surface area (Å²) in [6.07, 6.45) is 4.65. The average molecular weight is 326 g/mol. The van der Waals surface area contributed by atoms with Gasteiger partial charge in [-0.05, 0) is 30.5 Å². The minimum atomic E-state index is -3.41. The number of nitrogens with zero attached hydrogens (tertiary/aromatic N) is 1. The molecule has 1 aliphatic carbocycles. The first-order valence-corrected chi connectivity index (χ1v) is 9.19. The van der Waals surface area contributed by atoms with E-state index in [1.807, 2.05) is 6.92 Å². The van der Waals surface area contributed by atoms with Gasteiger partial charge in [-0.3, -0.25) is 0 Å². The third kappa shape index (κ3) is 3.81. The van der Waals surface area contributed by atoms with E-state index >= 15 is 0 Å². The van der Waals surface area contributed by atoms with E-state index in [1.54, 1.807) is 28.6 Å². The maximum absolute atomic E-state index is 12.8. The highest BCUT2D eigenvalue weighted by Gasteiger charge is 2.31. The first-order chi connectivity index (χ1) is 9.95. The van der Waals surface area contributed by atoms with Crippen molar-refractivity contribution in [1.29, 1.82) is 0 Å². The van der Waals surface area contributed by atoms with Gasteiger partial charge in [0.15, 0.2) is 0 Å². The third-order valence-electron chi connectivity index (χ3n) is 3.95. The Morgan fingerprint density at radius 2 is 1.86 bits per heavy atom. The predicted octanol–water partition coefficient (Wildman–Crippen LogP) is 2.47. The second-order valence-electron chi connectivity index (χ2n) is 5.43. The van der Waals surface area contributed by atoms with Gasteiger partial charge in [0.05, 0.1) is 9.88 Å². The SMILES string of the molecule is CCN(C1CCCC1)S(=O)(=O)c1ccc(CC(N)=S)cc1. The molecule has 21 heavy (non-hydrogen) atoms. The van der Waals surface area contributed by atoms with E-state index in [1.165, 1.54) is 0 Å². The molecule has 0 radical (unpaired) electrons. The van der Waals surface area contributed by atoms with Crippen LogP contribution in [-0.2, 0) is 16.4 Å². The van der Waals surface area contributed by atoms with Gasteiger partial charge in [-0.25, -0.2) is 8.42 Å². The molecular weight excluding hydrogens is 304 g/mol. The molecule has 1 aromatic carbocycles. The number of benzene rings is 1. The van der Waals surface area contributed by atoms with E-state index < -0.39 is 10.0 Å². The lowest BCUT2D eigenvalue weighted by Gasteiger charge is -2.26. The summed E-state index contributed by atoms with van der Waals surface area (Å²) in [4.78, 5) is 0.759. The van der Waals surface area contributed by atoms with Crippen LogP contribution in [-0.4, -0.2) is 30.3 Å². The smallest absolute Gasteiger partial charge is 0.243 e. The zero-order chi connectivity index (χ0) is 15.5. The molecule has 2 N–H and O–H groups in total. The van der Waals surface area contributed by atoms with E-state index in [0.717, 1.165) is 31.2 Å². The second-order valence-corrected chi connectivity index (χ2v) is 7.85. The monoisotopic (exact) mass is 326 g/mol. The molecule has 0 aliphatic heterocycles. The van der Waals surface area contributed by atoms with E-state index in [4.69, 9.17) is 18.0 Å². The highest BCUT2D eigenvalue weighted by molar-refractivity contribution is 7.89. The Morgan fingerprint density at radius 1 is 1.29 bits per heavy atom. The third-order valence-corrected chi connectivity index (χ3v) is 6.14.